The first-order valence-electron chi connectivity index (χ1n) is 10.2. The van der Waals surface area contributed by atoms with Crippen LogP contribution in [0.15, 0.2) is 82.6 Å². The van der Waals surface area contributed by atoms with Crippen molar-refractivity contribution >= 4 is 23.5 Å². The van der Waals surface area contributed by atoms with Gasteiger partial charge >= 0.3 is 0 Å². The van der Waals surface area contributed by atoms with Gasteiger partial charge in [-0.05, 0) is 44.2 Å². The standard InChI is InChI=1S/C25H23N3O3S/c1-17-6-9-19(10-7-17)23(29)16-32-25-26-12-13-28(25)21-5-3-4-20(14-21)24(30)27-15-22-11-8-18(2)31-22/h3-14H,15-16H2,1-2H3,(H,27,30). The third-order valence-electron chi connectivity index (χ3n) is 4.92. The van der Waals surface area contributed by atoms with E-state index in [0.717, 1.165) is 17.0 Å². The van der Waals surface area contributed by atoms with E-state index in [1.807, 2.05) is 73.1 Å². The van der Waals surface area contributed by atoms with E-state index in [9.17, 15) is 9.59 Å². The Kier molecular flexibility index (Phi) is 6.56. The Bertz CT molecular complexity index is 1240. The Morgan fingerprint density at radius 3 is 2.59 bits per heavy atom. The molecule has 0 saturated heterocycles. The van der Waals surface area contributed by atoms with Crippen molar-refractivity contribution < 1.29 is 14.0 Å². The minimum Gasteiger partial charge on any atom is -0.465 e. The SMILES string of the molecule is Cc1ccc(C(=O)CSc2nccn2-c2cccc(C(=O)NCc3ccc(C)o3)c2)cc1. The van der Waals surface area contributed by atoms with Crippen molar-refractivity contribution in [2.75, 3.05) is 5.75 Å². The third kappa shape index (κ3) is 5.18. The van der Waals surface area contributed by atoms with Gasteiger partial charge in [0.1, 0.15) is 11.5 Å². The average molecular weight is 446 g/mol. The molecule has 1 N–H and O–H groups in total. The summed E-state index contributed by atoms with van der Waals surface area (Å²) in [4.78, 5) is 29.5. The van der Waals surface area contributed by atoms with Gasteiger partial charge in [0.25, 0.3) is 5.91 Å². The molecular formula is C25H23N3O3S. The van der Waals surface area contributed by atoms with Gasteiger partial charge in [0.15, 0.2) is 10.9 Å². The molecule has 0 unspecified atom stereocenters. The van der Waals surface area contributed by atoms with Crippen LogP contribution in [0.3, 0.4) is 0 Å². The minimum atomic E-state index is -0.190. The first-order valence-corrected chi connectivity index (χ1v) is 11.2. The lowest BCUT2D eigenvalue weighted by Crippen LogP contribution is -2.22. The van der Waals surface area contributed by atoms with E-state index in [0.29, 0.717) is 28.6 Å². The van der Waals surface area contributed by atoms with Gasteiger partial charge in [-0.15, -0.1) is 0 Å². The number of carbonyl (C=O) groups excluding carboxylic acids is 2. The summed E-state index contributed by atoms with van der Waals surface area (Å²) in [5.41, 5.74) is 3.14. The van der Waals surface area contributed by atoms with Crippen LogP contribution in [0.25, 0.3) is 5.69 Å². The highest BCUT2D eigenvalue weighted by molar-refractivity contribution is 7.99. The minimum absolute atomic E-state index is 0.0471. The van der Waals surface area contributed by atoms with Gasteiger partial charge in [0.2, 0.25) is 0 Å². The predicted molar refractivity (Wildman–Crippen MR) is 124 cm³/mol. The number of aryl methyl sites for hydroxylation is 2. The number of benzene rings is 2. The summed E-state index contributed by atoms with van der Waals surface area (Å²) >= 11 is 1.37. The molecule has 162 valence electrons. The molecule has 0 spiro atoms. The second kappa shape index (κ2) is 9.70. The van der Waals surface area contributed by atoms with E-state index < -0.39 is 0 Å². The van der Waals surface area contributed by atoms with Crippen LogP contribution >= 0.6 is 11.8 Å². The molecule has 1 amide bonds. The van der Waals surface area contributed by atoms with Crippen LogP contribution in [0, 0.1) is 13.8 Å². The summed E-state index contributed by atoms with van der Waals surface area (Å²) in [6.45, 7) is 4.18. The molecule has 32 heavy (non-hydrogen) atoms. The molecule has 0 atom stereocenters. The van der Waals surface area contributed by atoms with Crippen molar-refractivity contribution in [3.8, 4) is 5.69 Å². The quantitative estimate of drug-likeness (QED) is 0.305. The Labute approximate surface area is 190 Å². The fourth-order valence-corrected chi connectivity index (χ4v) is 4.06. The van der Waals surface area contributed by atoms with Crippen LogP contribution in [0.4, 0.5) is 0 Å². The summed E-state index contributed by atoms with van der Waals surface area (Å²) in [5, 5.41) is 3.56. The number of thioether (sulfide) groups is 1. The number of hydrogen-bond acceptors (Lipinski definition) is 5. The number of furan rings is 1. The summed E-state index contributed by atoms with van der Waals surface area (Å²) in [6.07, 6.45) is 3.51. The molecule has 0 saturated carbocycles. The van der Waals surface area contributed by atoms with Gasteiger partial charge in [0, 0.05) is 29.2 Å². The molecule has 0 bridgehead atoms. The van der Waals surface area contributed by atoms with Crippen LogP contribution in [0.1, 0.15) is 37.8 Å². The van der Waals surface area contributed by atoms with E-state index in [-0.39, 0.29) is 17.4 Å². The topological polar surface area (TPSA) is 77.1 Å². The van der Waals surface area contributed by atoms with Gasteiger partial charge < -0.3 is 9.73 Å². The van der Waals surface area contributed by atoms with Crippen LogP contribution in [-0.4, -0.2) is 27.0 Å². The number of amides is 1. The number of ketones is 1. The molecular weight excluding hydrogens is 422 g/mol. The van der Waals surface area contributed by atoms with Crippen LogP contribution in [0.5, 0.6) is 0 Å². The van der Waals surface area contributed by atoms with E-state index >= 15 is 0 Å². The number of nitrogens with one attached hydrogen (secondary N) is 1. The van der Waals surface area contributed by atoms with Gasteiger partial charge in [-0.25, -0.2) is 4.98 Å². The third-order valence-corrected chi connectivity index (χ3v) is 5.89. The largest absolute Gasteiger partial charge is 0.465 e. The molecule has 2 aromatic carbocycles. The summed E-state index contributed by atoms with van der Waals surface area (Å²) in [5.74, 6) is 1.65. The molecule has 0 radical (unpaired) electrons. The number of Topliss-reactive ketones (excluding diaryl/α,β-unsaturated/α-hetero) is 1. The normalized spacial score (nSPS) is 10.8. The molecule has 0 aliphatic rings. The van der Waals surface area contributed by atoms with Crippen molar-refractivity contribution in [3.63, 3.8) is 0 Å². The maximum Gasteiger partial charge on any atom is 0.251 e. The molecule has 7 heteroatoms. The summed E-state index contributed by atoms with van der Waals surface area (Å²) in [7, 11) is 0. The zero-order chi connectivity index (χ0) is 22.5. The van der Waals surface area contributed by atoms with Gasteiger partial charge in [-0.1, -0.05) is 47.7 Å². The number of rotatable bonds is 8. The van der Waals surface area contributed by atoms with Crippen molar-refractivity contribution in [2.45, 2.75) is 25.5 Å². The van der Waals surface area contributed by atoms with Crippen LogP contribution in [0.2, 0.25) is 0 Å². The number of hydrogen-bond donors (Lipinski definition) is 1. The number of aromatic nitrogens is 2. The Hall–Kier alpha value is -3.58. The van der Waals surface area contributed by atoms with Gasteiger partial charge in [0.05, 0.1) is 12.3 Å². The second-order valence-corrected chi connectivity index (χ2v) is 8.35. The van der Waals surface area contributed by atoms with Gasteiger partial charge in [-0.3, -0.25) is 14.2 Å². The zero-order valence-electron chi connectivity index (χ0n) is 17.9. The Morgan fingerprint density at radius 2 is 1.84 bits per heavy atom. The van der Waals surface area contributed by atoms with Crippen LogP contribution in [-0.2, 0) is 6.54 Å². The number of nitrogens with zero attached hydrogens (tertiary/aromatic N) is 2. The Balaban J connectivity index is 1.43. The first-order chi connectivity index (χ1) is 15.5. The van der Waals surface area contributed by atoms with E-state index in [4.69, 9.17) is 4.42 Å². The highest BCUT2D eigenvalue weighted by Crippen LogP contribution is 2.22. The van der Waals surface area contributed by atoms with E-state index in [1.54, 1.807) is 18.3 Å². The van der Waals surface area contributed by atoms with Crippen molar-refractivity contribution in [1.29, 1.82) is 0 Å². The molecule has 0 fully saturated rings. The van der Waals surface area contributed by atoms with Crippen molar-refractivity contribution in [3.05, 3.63) is 101 Å². The van der Waals surface area contributed by atoms with E-state index in [1.165, 1.54) is 11.8 Å². The van der Waals surface area contributed by atoms with Gasteiger partial charge in [-0.2, -0.15) is 0 Å². The zero-order valence-corrected chi connectivity index (χ0v) is 18.7. The molecule has 2 aromatic heterocycles. The van der Waals surface area contributed by atoms with Crippen molar-refractivity contribution in [1.82, 2.24) is 14.9 Å². The average Bonchev–Trinajstić information content (AvgIpc) is 3.45. The maximum absolute atomic E-state index is 12.6. The van der Waals surface area contributed by atoms with Crippen LogP contribution < -0.4 is 5.32 Å². The summed E-state index contributed by atoms with van der Waals surface area (Å²) < 4.78 is 7.37. The molecule has 6 nitrogen and oxygen atoms in total. The Morgan fingerprint density at radius 1 is 1.03 bits per heavy atom. The molecule has 0 aliphatic heterocycles. The second-order valence-electron chi connectivity index (χ2n) is 7.40. The molecule has 4 aromatic rings. The maximum atomic E-state index is 12.6. The fraction of sp³-hybridized carbons (Fsp3) is 0.160. The fourth-order valence-electron chi connectivity index (χ4n) is 3.19. The highest BCUT2D eigenvalue weighted by atomic mass is 32.2. The lowest BCUT2D eigenvalue weighted by atomic mass is 10.1. The summed E-state index contributed by atoms with van der Waals surface area (Å²) in [6, 6.07) is 18.6. The monoisotopic (exact) mass is 445 g/mol. The predicted octanol–water partition coefficient (Wildman–Crippen LogP) is 4.99. The molecule has 4 rings (SSSR count). The molecule has 0 aliphatic carbocycles. The number of carbonyl (C=O) groups is 2. The first kappa shape index (κ1) is 21.6. The highest BCUT2D eigenvalue weighted by Gasteiger charge is 2.13. The lowest BCUT2D eigenvalue weighted by Gasteiger charge is -2.10. The van der Waals surface area contributed by atoms with E-state index in [2.05, 4.69) is 10.3 Å². The lowest BCUT2D eigenvalue weighted by molar-refractivity contribution is 0.0947. The molecule has 2 heterocycles. The smallest absolute Gasteiger partial charge is 0.251 e. The van der Waals surface area contributed by atoms with Crippen molar-refractivity contribution in [2.24, 2.45) is 0 Å². The number of imidazole rings is 1.